The Balaban J connectivity index is 0.000000138. The summed E-state index contributed by atoms with van der Waals surface area (Å²) >= 11 is 12.2. The van der Waals surface area contributed by atoms with Crippen LogP contribution in [0.2, 0.25) is 10.0 Å². The molecule has 0 atom stereocenters. The number of hydrogen-bond acceptors (Lipinski definition) is 2. The Morgan fingerprint density at radius 1 is 0.532 bits per heavy atom. The van der Waals surface area contributed by atoms with Crippen LogP contribution in [0.1, 0.15) is 49.9 Å². The lowest BCUT2D eigenvalue weighted by atomic mass is 9.82. The molecule has 47 heavy (non-hydrogen) atoms. The number of rotatable bonds is 1. The van der Waals surface area contributed by atoms with Gasteiger partial charge in [0.2, 0.25) is 0 Å². The Morgan fingerprint density at radius 3 is 1.77 bits per heavy atom. The maximum Gasteiger partial charge on any atom is 0.153 e. The van der Waals surface area contributed by atoms with Crippen LogP contribution in [0.15, 0.2) is 114 Å². The molecule has 0 saturated carbocycles. The highest BCUT2D eigenvalue weighted by Gasteiger charge is 2.37. The van der Waals surface area contributed by atoms with E-state index >= 15 is 0 Å². The first-order valence-corrected chi connectivity index (χ1v) is 16.4. The second kappa shape index (κ2) is 10.5. The van der Waals surface area contributed by atoms with E-state index in [9.17, 15) is 9.50 Å². The van der Waals surface area contributed by atoms with Gasteiger partial charge in [-0.25, -0.2) is 4.39 Å². The minimum Gasteiger partial charge on any atom is -0.507 e. The smallest absolute Gasteiger partial charge is 0.153 e. The fraction of sp³-hybridized carbons (Fsp3) is 0.143. The number of hydrogen-bond donors (Lipinski definition) is 1. The maximum absolute atomic E-state index is 14.4. The molecule has 7 aromatic rings. The number of halogens is 3. The summed E-state index contributed by atoms with van der Waals surface area (Å²) in [5.41, 5.74) is 12.0. The lowest BCUT2D eigenvalue weighted by Gasteiger charge is -2.22. The van der Waals surface area contributed by atoms with E-state index in [4.69, 9.17) is 27.6 Å². The molecule has 0 saturated heterocycles. The Kier molecular flexibility index (Phi) is 6.64. The fourth-order valence-electron chi connectivity index (χ4n) is 7.62. The van der Waals surface area contributed by atoms with Crippen LogP contribution < -0.4 is 0 Å². The number of fused-ring (bicyclic) bond motifs is 9. The molecule has 0 spiro atoms. The molecule has 1 heterocycles. The summed E-state index contributed by atoms with van der Waals surface area (Å²) in [6, 6.07) is 35.7. The van der Waals surface area contributed by atoms with Gasteiger partial charge in [0.05, 0.1) is 10.0 Å². The van der Waals surface area contributed by atoms with Gasteiger partial charge in [0.15, 0.2) is 5.58 Å². The van der Waals surface area contributed by atoms with Gasteiger partial charge in [0.1, 0.15) is 17.1 Å². The number of para-hydroxylation sites is 1. The van der Waals surface area contributed by atoms with Crippen molar-refractivity contribution < 1.29 is 13.9 Å². The zero-order chi connectivity index (χ0) is 32.8. The average Bonchev–Trinajstić information content (AvgIpc) is 3.62. The summed E-state index contributed by atoms with van der Waals surface area (Å²) in [6.45, 7) is 8.83. The molecule has 1 N–H and O–H groups in total. The Hall–Kier alpha value is -4.57. The van der Waals surface area contributed by atoms with Gasteiger partial charge < -0.3 is 9.52 Å². The van der Waals surface area contributed by atoms with Crippen LogP contribution in [-0.2, 0) is 10.8 Å². The van der Waals surface area contributed by atoms with E-state index in [2.05, 4.69) is 82.3 Å². The molecule has 0 fully saturated rings. The molecule has 232 valence electrons. The molecule has 9 rings (SSSR count). The molecular weight excluding hydrogens is 626 g/mol. The SMILES string of the molecule is CC1(C)c2ccccc2-c2cc(-c3cccc(Cl)c3F)c(O)cc21.CC1(C)c2ccccc2-c2cc3c(cc21)oc1c(Cl)cccc13. The van der Waals surface area contributed by atoms with Crippen LogP contribution in [0.5, 0.6) is 5.75 Å². The monoisotopic (exact) mass is 656 g/mol. The summed E-state index contributed by atoms with van der Waals surface area (Å²) < 4.78 is 20.5. The van der Waals surface area contributed by atoms with Crippen molar-refractivity contribution in [2.45, 2.75) is 38.5 Å². The molecule has 6 aromatic carbocycles. The molecule has 5 heteroatoms. The molecule has 0 radical (unpaired) electrons. The van der Waals surface area contributed by atoms with Gasteiger partial charge in [-0.3, -0.25) is 0 Å². The van der Waals surface area contributed by atoms with Gasteiger partial charge in [-0.1, -0.05) is 124 Å². The lowest BCUT2D eigenvalue weighted by Crippen LogP contribution is -2.14. The predicted octanol–water partition coefficient (Wildman–Crippen LogP) is 12.7. The van der Waals surface area contributed by atoms with E-state index < -0.39 is 5.82 Å². The third-order valence-electron chi connectivity index (χ3n) is 10.1. The zero-order valence-electron chi connectivity index (χ0n) is 26.4. The molecule has 2 aliphatic carbocycles. The van der Waals surface area contributed by atoms with Crippen molar-refractivity contribution in [1.29, 1.82) is 0 Å². The van der Waals surface area contributed by atoms with Gasteiger partial charge in [0.25, 0.3) is 0 Å². The maximum atomic E-state index is 14.4. The topological polar surface area (TPSA) is 33.4 Å². The van der Waals surface area contributed by atoms with Crippen LogP contribution in [-0.4, -0.2) is 5.11 Å². The molecule has 0 aliphatic heterocycles. The Morgan fingerprint density at radius 2 is 1.09 bits per heavy atom. The second-order valence-corrected chi connectivity index (χ2v) is 14.3. The first-order chi connectivity index (χ1) is 22.5. The summed E-state index contributed by atoms with van der Waals surface area (Å²) in [4.78, 5) is 0. The largest absolute Gasteiger partial charge is 0.507 e. The second-order valence-electron chi connectivity index (χ2n) is 13.5. The third-order valence-corrected chi connectivity index (χ3v) is 10.7. The third kappa shape index (κ3) is 4.37. The van der Waals surface area contributed by atoms with E-state index in [1.165, 1.54) is 33.9 Å². The minimum absolute atomic E-state index is 0.0110. The molecule has 0 amide bonds. The fourth-order valence-corrected chi connectivity index (χ4v) is 8.01. The summed E-state index contributed by atoms with van der Waals surface area (Å²) in [5.74, 6) is -0.448. The molecule has 2 nitrogen and oxygen atoms in total. The number of phenolic OH excluding ortho intramolecular Hbond substituents is 1. The highest BCUT2D eigenvalue weighted by molar-refractivity contribution is 6.35. The van der Waals surface area contributed by atoms with E-state index in [0.717, 1.165) is 38.6 Å². The summed E-state index contributed by atoms with van der Waals surface area (Å²) in [5, 5.41) is 13.5. The van der Waals surface area contributed by atoms with Crippen molar-refractivity contribution in [3.63, 3.8) is 0 Å². The van der Waals surface area contributed by atoms with Crippen LogP contribution in [0.25, 0.3) is 55.3 Å². The van der Waals surface area contributed by atoms with E-state index in [1.807, 2.05) is 30.3 Å². The molecule has 0 unspecified atom stereocenters. The zero-order valence-corrected chi connectivity index (χ0v) is 27.9. The van der Waals surface area contributed by atoms with Crippen molar-refractivity contribution >= 4 is 45.1 Å². The van der Waals surface area contributed by atoms with Crippen molar-refractivity contribution in [3.05, 3.63) is 147 Å². The van der Waals surface area contributed by atoms with Gasteiger partial charge >= 0.3 is 0 Å². The van der Waals surface area contributed by atoms with Gasteiger partial charge in [-0.05, 0) is 80.9 Å². The summed E-state index contributed by atoms with van der Waals surface area (Å²) in [6.07, 6.45) is 0. The Labute approximate surface area is 283 Å². The first kappa shape index (κ1) is 29.8. The number of benzene rings is 6. The van der Waals surface area contributed by atoms with Crippen molar-refractivity contribution in [2.24, 2.45) is 0 Å². The van der Waals surface area contributed by atoms with E-state index in [1.54, 1.807) is 18.2 Å². The normalized spacial score (nSPS) is 14.7. The lowest BCUT2D eigenvalue weighted by molar-refractivity contribution is 0.474. The van der Waals surface area contributed by atoms with E-state index in [-0.39, 0.29) is 21.6 Å². The quantitative estimate of drug-likeness (QED) is 0.191. The number of furan rings is 1. The van der Waals surface area contributed by atoms with Gasteiger partial charge in [0, 0.05) is 32.7 Å². The first-order valence-electron chi connectivity index (χ1n) is 15.7. The molecule has 0 bridgehead atoms. The molecular formula is C42H31Cl2FO2. The van der Waals surface area contributed by atoms with Crippen LogP contribution >= 0.6 is 23.2 Å². The standard InChI is InChI=1S/C21H16ClFO.C21H15ClO/c1-21(2)16-8-4-3-6-12(16)14-10-15(19(24)11-17(14)21)13-7-5-9-18(22)20(13)23;1-21(2)16-8-4-3-6-12(16)14-10-15-13-7-5-9-18(22)20(13)23-19(15)11-17(14)21/h3-11,24H,1-2H3;3-11H,1-2H3. The van der Waals surface area contributed by atoms with Crippen LogP contribution in [0.3, 0.4) is 0 Å². The summed E-state index contributed by atoms with van der Waals surface area (Å²) in [7, 11) is 0. The van der Waals surface area contributed by atoms with Gasteiger partial charge in [-0.2, -0.15) is 0 Å². The average molecular weight is 658 g/mol. The van der Waals surface area contributed by atoms with Gasteiger partial charge in [-0.15, -0.1) is 0 Å². The van der Waals surface area contributed by atoms with Crippen molar-refractivity contribution in [1.82, 2.24) is 0 Å². The molecule has 2 aliphatic rings. The number of aromatic hydroxyl groups is 1. The highest BCUT2D eigenvalue weighted by Crippen LogP contribution is 2.53. The predicted molar refractivity (Wildman–Crippen MR) is 192 cm³/mol. The van der Waals surface area contributed by atoms with Crippen LogP contribution in [0.4, 0.5) is 4.39 Å². The van der Waals surface area contributed by atoms with Crippen LogP contribution in [0, 0.1) is 5.82 Å². The molecule has 1 aromatic heterocycles. The minimum atomic E-state index is -0.514. The number of phenols is 1. The highest BCUT2D eigenvalue weighted by atomic mass is 35.5. The van der Waals surface area contributed by atoms with Crippen molar-refractivity contribution in [3.8, 4) is 39.1 Å². The van der Waals surface area contributed by atoms with Crippen molar-refractivity contribution in [2.75, 3.05) is 0 Å². The van der Waals surface area contributed by atoms with E-state index in [0.29, 0.717) is 16.1 Å². The Bertz CT molecular complexity index is 2420.